The van der Waals surface area contributed by atoms with Crippen molar-refractivity contribution < 1.29 is 33.3 Å². The number of fused-ring (bicyclic) bond motifs is 9. The molecule has 3 aliphatic rings. The molecule has 4 bridgehead atoms. The fourth-order valence-corrected chi connectivity index (χ4v) is 5.17. The van der Waals surface area contributed by atoms with Crippen molar-refractivity contribution in [1.82, 2.24) is 20.5 Å². The Labute approximate surface area is 249 Å². The van der Waals surface area contributed by atoms with Crippen molar-refractivity contribution in [1.29, 1.82) is 0 Å². The Kier molecular flexibility index (Phi) is 9.14. The van der Waals surface area contributed by atoms with E-state index in [1.165, 1.54) is 7.11 Å². The van der Waals surface area contributed by atoms with Crippen LogP contribution in [0.2, 0.25) is 0 Å². The highest BCUT2D eigenvalue weighted by atomic mass is 16.5. The average molecular weight is 590 g/mol. The molecule has 0 unspecified atom stereocenters. The molecule has 0 aliphatic carbocycles. The lowest BCUT2D eigenvalue weighted by Gasteiger charge is -2.38. The van der Waals surface area contributed by atoms with Gasteiger partial charge in [0.25, 0.3) is 11.8 Å². The minimum absolute atomic E-state index is 0.115. The molecule has 3 aromatic rings. The highest BCUT2D eigenvalue weighted by molar-refractivity contribution is 5.92. The summed E-state index contributed by atoms with van der Waals surface area (Å²) in [5.74, 6) is 1.39. The zero-order valence-corrected chi connectivity index (χ0v) is 24.1. The van der Waals surface area contributed by atoms with Crippen molar-refractivity contribution in [2.24, 2.45) is 0 Å². The summed E-state index contributed by atoms with van der Waals surface area (Å²) in [5, 5.41) is 5.94. The molecular weight excluding hydrogens is 554 g/mol. The molecule has 1 fully saturated rings. The van der Waals surface area contributed by atoms with Crippen LogP contribution >= 0.6 is 0 Å². The number of methoxy groups -OCH3 is 2. The summed E-state index contributed by atoms with van der Waals surface area (Å²) in [6.45, 7) is 0.563. The Balaban J connectivity index is 1.42. The van der Waals surface area contributed by atoms with E-state index in [1.807, 2.05) is 12.1 Å². The molecule has 43 heavy (non-hydrogen) atoms. The fraction of sp³-hybridized carbons (Fsp3) is 0.355. The number of piperidine rings is 1. The number of hydrogen-bond donors (Lipinski definition) is 3. The summed E-state index contributed by atoms with van der Waals surface area (Å²) < 4.78 is 23.2. The third-order valence-electron chi connectivity index (χ3n) is 7.42. The molecule has 0 radical (unpaired) electrons. The van der Waals surface area contributed by atoms with Crippen molar-refractivity contribution >= 4 is 23.5 Å². The van der Waals surface area contributed by atoms with Gasteiger partial charge in [-0.15, -0.1) is 0 Å². The summed E-state index contributed by atoms with van der Waals surface area (Å²) in [6, 6.07) is 15.1. The second kappa shape index (κ2) is 13.3. The molecule has 1 saturated heterocycles. The first-order chi connectivity index (χ1) is 20.8. The monoisotopic (exact) mass is 589 g/mol. The smallest absolute Gasteiger partial charge is 0.272 e. The highest BCUT2D eigenvalue weighted by Crippen LogP contribution is 2.30. The van der Waals surface area contributed by atoms with Gasteiger partial charge in [-0.05, 0) is 48.4 Å². The van der Waals surface area contributed by atoms with Gasteiger partial charge in [0.2, 0.25) is 5.91 Å². The number of nitrogens with one attached hydrogen (secondary N) is 2. The molecule has 2 aromatic carbocycles. The minimum Gasteiger partial charge on any atom is -0.496 e. The van der Waals surface area contributed by atoms with Crippen molar-refractivity contribution in [2.45, 2.75) is 38.0 Å². The van der Waals surface area contributed by atoms with Crippen molar-refractivity contribution in [3.05, 3.63) is 71.4 Å². The molecule has 12 nitrogen and oxygen atoms in total. The average Bonchev–Trinajstić information content (AvgIpc) is 3.02. The largest absolute Gasteiger partial charge is 0.496 e. The van der Waals surface area contributed by atoms with E-state index in [0.29, 0.717) is 42.4 Å². The Morgan fingerprint density at radius 1 is 1.02 bits per heavy atom. The first-order valence-electron chi connectivity index (χ1n) is 14.0. The van der Waals surface area contributed by atoms with Gasteiger partial charge in [0.15, 0.2) is 18.1 Å². The number of carbonyl (C=O) groups excluding carboxylic acids is 3. The van der Waals surface area contributed by atoms with E-state index in [0.717, 1.165) is 11.1 Å². The summed E-state index contributed by atoms with van der Waals surface area (Å²) in [5.41, 5.74) is 7.68. The summed E-state index contributed by atoms with van der Waals surface area (Å²) in [7, 11) is 3.07. The Hall–Kier alpha value is -5.00. The Morgan fingerprint density at radius 2 is 1.86 bits per heavy atom. The van der Waals surface area contributed by atoms with E-state index in [2.05, 4.69) is 15.6 Å². The van der Waals surface area contributed by atoms with Crippen LogP contribution in [0.3, 0.4) is 0 Å². The Bertz CT molecular complexity index is 1500. The summed E-state index contributed by atoms with van der Waals surface area (Å²) >= 11 is 0. The van der Waals surface area contributed by atoms with Crippen LogP contribution in [0.15, 0.2) is 54.6 Å². The van der Waals surface area contributed by atoms with Gasteiger partial charge in [-0.1, -0.05) is 12.1 Å². The van der Waals surface area contributed by atoms with Crippen molar-refractivity contribution in [3.63, 3.8) is 0 Å². The standard InChI is InChI=1S/C31H35N5O7/c1-40-25-10-6-19-7-11-29(37)33-16-20-8-9-21(15-26(20)41-2)43-24-12-13-36(31(39)22-4-3-5-28(32)34-22)17-23(24)35-30(38)18-42-27(25)14-19/h3-6,8-10,14-15,23-24H,7,11-13,16-18H2,1-2H3,(H2,32,34)(H,33,37)(H,35,38)/t23-,24+/m1/s1. The van der Waals surface area contributed by atoms with E-state index in [-0.39, 0.29) is 49.4 Å². The van der Waals surface area contributed by atoms with Gasteiger partial charge in [-0.3, -0.25) is 14.4 Å². The first-order valence-corrected chi connectivity index (χ1v) is 14.0. The summed E-state index contributed by atoms with van der Waals surface area (Å²) in [4.78, 5) is 44.9. The van der Waals surface area contributed by atoms with Gasteiger partial charge >= 0.3 is 0 Å². The zero-order chi connectivity index (χ0) is 30.3. The number of rotatable bonds is 3. The molecule has 12 heteroatoms. The van der Waals surface area contributed by atoms with Crippen LogP contribution in [0.1, 0.15) is 34.5 Å². The van der Waals surface area contributed by atoms with E-state index in [1.54, 1.807) is 54.5 Å². The number of carbonyl (C=O) groups is 3. The van der Waals surface area contributed by atoms with Crippen LogP contribution in [0.5, 0.6) is 23.0 Å². The Morgan fingerprint density at radius 3 is 2.65 bits per heavy atom. The number of nitrogens with zero attached hydrogens (tertiary/aromatic N) is 2. The molecule has 4 N–H and O–H groups in total. The first kappa shape index (κ1) is 29.5. The maximum Gasteiger partial charge on any atom is 0.272 e. The SMILES string of the molecule is COc1cc2ccc1CNC(=O)CCc1ccc(OC)c(c1)OCC(=O)N[C@@H]1CN(C(=O)c3cccc(N)n3)CC[C@@H]1O2. The van der Waals surface area contributed by atoms with Crippen LogP contribution < -0.4 is 35.3 Å². The second-order valence-corrected chi connectivity index (χ2v) is 10.3. The molecule has 3 amide bonds. The number of pyridine rings is 1. The zero-order valence-electron chi connectivity index (χ0n) is 24.1. The van der Waals surface area contributed by atoms with Crippen molar-refractivity contribution in [2.75, 3.05) is 39.6 Å². The van der Waals surface area contributed by atoms with Crippen LogP contribution in [-0.2, 0) is 22.6 Å². The number of amides is 3. The van der Waals surface area contributed by atoms with Crippen LogP contribution in [0.4, 0.5) is 5.82 Å². The van der Waals surface area contributed by atoms with E-state index in [9.17, 15) is 14.4 Å². The molecule has 1 aromatic heterocycles. The van der Waals surface area contributed by atoms with Gasteiger partial charge in [0.1, 0.15) is 29.1 Å². The minimum atomic E-state index is -0.560. The van der Waals surface area contributed by atoms with Gasteiger partial charge in [-0.2, -0.15) is 0 Å². The molecule has 0 spiro atoms. The second-order valence-electron chi connectivity index (χ2n) is 10.3. The number of hydrogen-bond acceptors (Lipinski definition) is 9. The number of aryl methyl sites for hydroxylation is 1. The maximum absolute atomic E-state index is 13.3. The number of aromatic nitrogens is 1. The van der Waals surface area contributed by atoms with Gasteiger partial charge in [-0.25, -0.2) is 4.98 Å². The van der Waals surface area contributed by atoms with Gasteiger partial charge in [0.05, 0.1) is 20.3 Å². The molecular formula is C31H35N5O7. The topological polar surface area (TPSA) is 154 Å². The van der Waals surface area contributed by atoms with Gasteiger partial charge in [0, 0.05) is 44.1 Å². The number of benzene rings is 2. The van der Waals surface area contributed by atoms with Crippen LogP contribution in [0, 0.1) is 0 Å². The number of likely N-dealkylation sites (tertiary alicyclic amines) is 1. The van der Waals surface area contributed by atoms with E-state index >= 15 is 0 Å². The van der Waals surface area contributed by atoms with Crippen LogP contribution in [-0.4, -0.2) is 73.7 Å². The van der Waals surface area contributed by atoms with E-state index < -0.39 is 18.1 Å². The number of ether oxygens (including phenoxy) is 4. The maximum atomic E-state index is 13.3. The van der Waals surface area contributed by atoms with Crippen LogP contribution in [0.25, 0.3) is 0 Å². The molecule has 6 rings (SSSR count). The normalized spacial score (nSPS) is 19.3. The van der Waals surface area contributed by atoms with Gasteiger partial charge < -0.3 is 40.2 Å². The molecule has 0 saturated carbocycles. The molecule has 4 heterocycles. The number of anilines is 1. The fourth-order valence-electron chi connectivity index (χ4n) is 5.17. The lowest BCUT2D eigenvalue weighted by atomic mass is 10.0. The molecule has 2 atom stereocenters. The third-order valence-corrected chi connectivity index (χ3v) is 7.42. The highest BCUT2D eigenvalue weighted by Gasteiger charge is 2.35. The lowest BCUT2D eigenvalue weighted by molar-refractivity contribution is -0.125. The predicted octanol–water partition coefficient (Wildman–Crippen LogP) is 2.10. The molecule has 226 valence electrons. The quantitative estimate of drug-likeness (QED) is 0.417. The summed E-state index contributed by atoms with van der Waals surface area (Å²) in [6.07, 6.45) is 0.713. The van der Waals surface area contributed by atoms with E-state index in [4.69, 9.17) is 24.7 Å². The predicted molar refractivity (Wildman–Crippen MR) is 157 cm³/mol. The lowest BCUT2D eigenvalue weighted by Crippen LogP contribution is -2.58. The molecule has 3 aliphatic heterocycles. The third kappa shape index (κ3) is 7.26. The number of nitrogen functional groups attached to an aromatic ring is 1. The number of nitrogens with two attached hydrogens (primary N) is 1. The van der Waals surface area contributed by atoms with Crippen molar-refractivity contribution in [3.8, 4) is 23.0 Å².